The maximum Gasteiger partial charge on any atom is 0.254 e. The molecule has 0 aliphatic rings. The Labute approximate surface area is 119 Å². The Morgan fingerprint density at radius 2 is 2.00 bits per heavy atom. The van der Waals surface area contributed by atoms with Gasteiger partial charge in [0.05, 0.1) is 12.9 Å². The monoisotopic (exact) mass is 302 g/mol. The highest BCUT2D eigenvalue weighted by Gasteiger charge is 2.12. The van der Waals surface area contributed by atoms with Crippen molar-refractivity contribution in [2.75, 3.05) is 19.4 Å². The van der Waals surface area contributed by atoms with Crippen LogP contribution in [0.2, 0.25) is 0 Å². The van der Waals surface area contributed by atoms with Crippen molar-refractivity contribution in [1.29, 1.82) is 0 Å². The molecule has 6 nitrogen and oxygen atoms in total. The second kappa shape index (κ2) is 6.90. The first-order chi connectivity index (χ1) is 9.25. The van der Waals surface area contributed by atoms with Crippen molar-refractivity contribution in [3.05, 3.63) is 28.2 Å². The number of methoxy groups -OCH3 is 1. The molecule has 1 aromatic heterocycles. The maximum atomic E-state index is 11.9. The van der Waals surface area contributed by atoms with Crippen LogP contribution in [0.15, 0.2) is 16.9 Å². The molecule has 114 valence electrons. The van der Waals surface area contributed by atoms with Crippen molar-refractivity contribution < 1.29 is 13.2 Å². The van der Waals surface area contributed by atoms with Crippen LogP contribution >= 0.6 is 0 Å². The summed E-state index contributed by atoms with van der Waals surface area (Å²) in [6.07, 6.45) is 0. The highest BCUT2D eigenvalue weighted by Crippen LogP contribution is 2.08. The highest BCUT2D eigenvalue weighted by atomic mass is 32.2. The molecule has 0 spiro atoms. The second-order valence-electron chi connectivity index (χ2n) is 5.10. The molecule has 1 aromatic rings. The van der Waals surface area contributed by atoms with Gasteiger partial charge in [-0.25, -0.2) is 13.1 Å². The summed E-state index contributed by atoms with van der Waals surface area (Å²) in [6, 6.07) is 3.12. The second-order valence-corrected chi connectivity index (χ2v) is 6.95. The van der Waals surface area contributed by atoms with Gasteiger partial charge in [0.2, 0.25) is 10.0 Å². The van der Waals surface area contributed by atoms with Crippen molar-refractivity contribution in [1.82, 2.24) is 9.29 Å². The van der Waals surface area contributed by atoms with Crippen molar-refractivity contribution in [2.24, 2.45) is 5.92 Å². The summed E-state index contributed by atoms with van der Waals surface area (Å²) in [4.78, 5) is 11.9. The van der Waals surface area contributed by atoms with E-state index in [1.54, 1.807) is 13.0 Å². The normalized spacial score (nSPS) is 11.8. The minimum Gasteiger partial charge on any atom is -0.496 e. The minimum atomic E-state index is -3.28. The van der Waals surface area contributed by atoms with Crippen molar-refractivity contribution in [3.63, 3.8) is 0 Å². The van der Waals surface area contributed by atoms with Crippen molar-refractivity contribution in [2.45, 2.75) is 27.3 Å². The summed E-state index contributed by atoms with van der Waals surface area (Å²) in [5.41, 5.74) is 0.530. The molecular formula is C13H22N2O4S. The van der Waals surface area contributed by atoms with Gasteiger partial charge in [0.15, 0.2) is 0 Å². The van der Waals surface area contributed by atoms with Crippen LogP contribution in [0.5, 0.6) is 5.75 Å². The molecule has 0 aliphatic heterocycles. The van der Waals surface area contributed by atoms with Gasteiger partial charge < -0.3 is 9.30 Å². The summed E-state index contributed by atoms with van der Waals surface area (Å²) in [7, 11) is -1.78. The van der Waals surface area contributed by atoms with E-state index in [4.69, 9.17) is 4.74 Å². The Bertz CT molecular complexity index is 605. The van der Waals surface area contributed by atoms with E-state index < -0.39 is 10.0 Å². The first-order valence-corrected chi connectivity index (χ1v) is 8.13. The molecule has 0 atom stereocenters. The third kappa shape index (κ3) is 4.97. The van der Waals surface area contributed by atoms with Crippen molar-refractivity contribution in [3.8, 4) is 5.75 Å². The molecule has 0 bridgehead atoms. The van der Waals surface area contributed by atoms with E-state index in [1.807, 2.05) is 13.8 Å². The van der Waals surface area contributed by atoms with E-state index in [-0.39, 0.29) is 23.8 Å². The molecule has 1 N–H and O–H groups in total. The van der Waals surface area contributed by atoms with Crippen LogP contribution in [0.4, 0.5) is 0 Å². The van der Waals surface area contributed by atoms with Crippen LogP contribution in [0, 0.1) is 12.8 Å². The number of nitrogens with one attached hydrogen (secondary N) is 1. The van der Waals surface area contributed by atoms with Gasteiger partial charge in [0.1, 0.15) is 5.75 Å². The van der Waals surface area contributed by atoms with Gasteiger partial charge in [-0.3, -0.25) is 4.79 Å². The number of sulfonamides is 1. The lowest BCUT2D eigenvalue weighted by Gasteiger charge is -2.12. The van der Waals surface area contributed by atoms with Gasteiger partial charge in [-0.15, -0.1) is 0 Å². The van der Waals surface area contributed by atoms with E-state index >= 15 is 0 Å². The minimum absolute atomic E-state index is 0.0675. The fraction of sp³-hybridized carbons (Fsp3) is 0.615. The quantitative estimate of drug-likeness (QED) is 0.806. The number of ether oxygens (including phenoxy) is 1. The molecule has 0 amide bonds. The Kier molecular flexibility index (Phi) is 5.76. The van der Waals surface area contributed by atoms with E-state index in [9.17, 15) is 13.2 Å². The lowest BCUT2D eigenvalue weighted by Crippen LogP contribution is -2.33. The number of aromatic nitrogens is 1. The fourth-order valence-electron chi connectivity index (χ4n) is 1.91. The fourth-order valence-corrected chi connectivity index (χ4v) is 3.31. The Morgan fingerprint density at radius 3 is 2.50 bits per heavy atom. The third-order valence-corrected chi connectivity index (χ3v) is 4.50. The predicted octanol–water partition coefficient (Wildman–Crippen LogP) is 0.741. The van der Waals surface area contributed by atoms with Crippen LogP contribution in [-0.4, -0.2) is 32.4 Å². The van der Waals surface area contributed by atoms with Gasteiger partial charge in [-0.1, -0.05) is 13.8 Å². The summed E-state index contributed by atoms with van der Waals surface area (Å²) < 4.78 is 32.4. The van der Waals surface area contributed by atoms with Crippen molar-refractivity contribution >= 4 is 10.0 Å². The molecule has 0 unspecified atom stereocenters. The molecule has 0 saturated carbocycles. The van der Waals surface area contributed by atoms with Crippen LogP contribution < -0.4 is 15.0 Å². The van der Waals surface area contributed by atoms with E-state index in [1.165, 1.54) is 17.7 Å². The molecule has 7 heteroatoms. The number of nitrogens with zero attached hydrogens (tertiary/aromatic N) is 1. The maximum absolute atomic E-state index is 11.9. The zero-order valence-corrected chi connectivity index (χ0v) is 13.2. The van der Waals surface area contributed by atoms with Gasteiger partial charge in [-0.2, -0.15) is 0 Å². The molecule has 0 aromatic carbocycles. The molecule has 20 heavy (non-hydrogen) atoms. The molecule has 0 radical (unpaired) electrons. The average Bonchev–Trinajstić information content (AvgIpc) is 2.30. The molecule has 1 heterocycles. The zero-order chi connectivity index (χ0) is 15.3. The molecule has 1 rings (SSSR count). The molecule has 0 aliphatic carbocycles. The summed E-state index contributed by atoms with van der Waals surface area (Å²) in [5, 5.41) is 0. The summed E-state index contributed by atoms with van der Waals surface area (Å²) >= 11 is 0. The van der Waals surface area contributed by atoms with Crippen LogP contribution in [-0.2, 0) is 16.6 Å². The van der Waals surface area contributed by atoms with Crippen LogP contribution in [0.3, 0.4) is 0 Å². The number of hydrogen-bond donors (Lipinski definition) is 1. The zero-order valence-electron chi connectivity index (χ0n) is 12.3. The number of hydrogen-bond acceptors (Lipinski definition) is 4. The van der Waals surface area contributed by atoms with Crippen LogP contribution in [0.25, 0.3) is 0 Å². The van der Waals surface area contributed by atoms with E-state index in [0.29, 0.717) is 12.3 Å². The molecule has 0 saturated heterocycles. The molecular weight excluding hydrogens is 280 g/mol. The third-order valence-electron chi connectivity index (χ3n) is 2.75. The largest absolute Gasteiger partial charge is 0.496 e. The van der Waals surface area contributed by atoms with Gasteiger partial charge >= 0.3 is 0 Å². The first kappa shape index (κ1) is 16.7. The Hall–Kier alpha value is -1.34. The first-order valence-electron chi connectivity index (χ1n) is 6.48. The summed E-state index contributed by atoms with van der Waals surface area (Å²) in [6.45, 7) is 5.97. The Morgan fingerprint density at radius 1 is 1.35 bits per heavy atom. The number of rotatable bonds is 7. The number of aryl methyl sites for hydroxylation is 1. The van der Waals surface area contributed by atoms with Gasteiger partial charge in [-0.05, 0) is 18.9 Å². The average molecular weight is 302 g/mol. The lowest BCUT2D eigenvalue weighted by atomic mass is 10.3. The summed E-state index contributed by atoms with van der Waals surface area (Å²) in [5.74, 6) is 0.658. The predicted molar refractivity (Wildman–Crippen MR) is 78.6 cm³/mol. The highest BCUT2D eigenvalue weighted by molar-refractivity contribution is 7.89. The van der Waals surface area contributed by atoms with E-state index in [2.05, 4.69) is 4.72 Å². The van der Waals surface area contributed by atoms with Gasteiger partial charge in [0.25, 0.3) is 5.56 Å². The van der Waals surface area contributed by atoms with Crippen LogP contribution in [0.1, 0.15) is 19.5 Å². The van der Waals surface area contributed by atoms with E-state index in [0.717, 1.165) is 5.69 Å². The van der Waals surface area contributed by atoms with Gasteiger partial charge in [0, 0.05) is 24.8 Å². The Balaban J connectivity index is 2.70. The SMILES string of the molecule is COc1cc(C)n(CCNS(=O)(=O)CC(C)C)c(=O)c1. The number of pyridine rings is 1. The lowest BCUT2D eigenvalue weighted by molar-refractivity contribution is 0.411. The topological polar surface area (TPSA) is 77.4 Å². The smallest absolute Gasteiger partial charge is 0.254 e. The standard InChI is InChI=1S/C13H22N2O4S/c1-10(2)9-20(17,18)14-5-6-15-11(3)7-12(19-4)8-13(15)16/h7-8,10,14H,5-6,9H2,1-4H3. The molecule has 0 fully saturated rings.